The van der Waals surface area contributed by atoms with Crippen LogP contribution in [0.2, 0.25) is 0 Å². The van der Waals surface area contributed by atoms with Gasteiger partial charge >= 0.3 is 0 Å². The van der Waals surface area contributed by atoms with Crippen molar-refractivity contribution in [3.8, 4) is 5.75 Å². The van der Waals surface area contributed by atoms with Crippen molar-refractivity contribution in [2.75, 3.05) is 23.0 Å². The van der Waals surface area contributed by atoms with Gasteiger partial charge in [-0.2, -0.15) is 9.36 Å². The first-order valence-electron chi connectivity index (χ1n) is 13.5. The van der Waals surface area contributed by atoms with E-state index in [-0.39, 0.29) is 16.9 Å². The Labute approximate surface area is 263 Å². The third-order valence-corrected chi connectivity index (χ3v) is 8.32. The summed E-state index contributed by atoms with van der Waals surface area (Å²) in [5.41, 5.74) is 1.76. The summed E-state index contributed by atoms with van der Waals surface area (Å²) in [6.07, 6.45) is 1.61. The van der Waals surface area contributed by atoms with Gasteiger partial charge in [0, 0.05) is 27.7 Å². The predicted molar refractivity (Wildman–Crippen MR) is 175 cm³/mol. The van der Waals surface area contributed by atoms with Crippen molar-refractivity contribution in [2.24, 2.45) is 0 Å². The Bertz CT molecular complexity index is 1560. The molecule has 3 amide bonds. The van der Waals surface area contributed by atoms with Gasteiger partial charge in [0.15, 0.2) is 0 Å². The summed E-state index contributed by atoms with van der Waals surface area (Å²) in [6, 6.07) is 23.1. The highest BCUT2D eigenvalue weighted by atomic mass is 32.2. The second-order valence-corrected chi connectivity index (χ2v) is 12.3. The van der Waals surface area contributed by atoms with E-state index >= 15 is 0 Å². The molecule has 0 fully saturated rings. The van der Waals surface area contributed by atoms with Gasteiger partial charge in [-0.15, -0.1) is 11.8 Å². The zero-order valence-electron chi connectivity index (χ0n) is 23.8. The maximum absolute atomic E-state index is 13.3. The molecule has 1 unspecified atom stereocenters. The van der Waals surface area contributed by atoms with Crippen LogP contribution in [0, 0.1) is 0 Å². The lowest BCUT2D eigenvalue weighted by Gasteiger charge is -2.13. The first kappa shape index (κ1) is 31.8. The summed E-state index contributed by atoms with van der Waals surface area (Å²) in [6.45, 7) is 6.28. The number of carbonyl (C=O) groups is 3. The maximum atomic E-state index is 13.3. The van der Waals surface area contributed by atoms with Crippen LogP contribution in [0.1, 0.15) is 36.7 Å². The lowest BCUT2D eigenvalue weighted by molar-refractivity contribution is -0.115. The molecule has 4 aromatic rings. The van der Waals surface area contributed by atoms with E-state index in [4.69, 9.17) is 4.74 Å². The fourth-order valence-corrected chi connectivity index (χ4v) is 5.81. The maximum Gasteiger partial charge on any atom is 0.272 e. The summed E-state index contributed by atoms with van der Waals surface area (Å²) >= 11 is 4.06. The third-order valence-electron chi connectivity index (χ3n) is 5.74. The second kappa shape index (κ2) is 15.9. The molecule has 0 aliphatic heterocycles. The minimum Gasteiger partial charge on any atom is -0.494 e. The van der Waals surface area contributed by atoms with Crippen LogP contribution in [-0.2, 0) is 9.59 Å². The average Bonchev–Trinajstić information content (AvgIpc) is 3.46. The molecule has 1 aromatic heterocycles. The second-order valence-electron chi connectivity index (χ2n) is 8.92. The zero-order valence-corrected chi connectivity index (χ0v) is 26.3. The monoisotopic (exact) mass is 633 g/mol. The molecule has 4 rings (SSSR count). The van der Waals surface area contributed by atoms with Crippen LogP contribution < -0.4 is 20.7 Å². The summed E-state index contributed by atoms with van der Waals surface area (Å²) in [5.74, 6) is 0.508. The molecule has 1 atom stereocenters. The van der Waals surface area contributed by atoms with Crippen molar-refractivity contribution in [1.29, 1.82) is 0 Å². The minimum absolute atomic E-state index is 0.0823. The standard InChI is InChI=1S/C31H31N5O4S3/c1-4-40-24-15-11-21(12-16-24)19-26(33-28(38)22-9-7-6-8-10-22)29(39)32-23-13-17-25(18-14-23)42-20(3)27(37)34-30-35-31(36-43-30)41-5-2/h6-20H,4-5H2,1-3H3,(H,32,39)(H,33,38)(H,34,35,36,37)/b26-19-. The molecule has 0 saturated carbocycles. The van der Waals surface area contributed by atoms with Gasteiger partial charge in [0.25, 0.3) is 11.8 Å². The molecule has 0 aliphatic carbocycles. The van der Waals surface area contributed by atoms with Crippen LogP contribution in [0.3, 0.4) is 0 Å². The van der Waals surface area contributed by atoms with Crippen molar-refractivity contribution < 1.29 is 19.1 Å². The van der Waals surface area contributed by atoms with Gasteiger partial charge in [-0.05, 0) is 79.8 Å². The SMILES string of the molecule is CCOc1ccc(/C=C(\NC(=O)c2ccccc2)C(=O)Nc2ccc(SC(C)C(=O)Nc3nc(SCC)ns3)cc2)cc1. The van der Waals surface area contributed by atoms with Crippen LogP contribution in [-0.4, -0.2) is 44.7 Å². The van der Waals surface area contributed by atoms with Crippen molar-refractivity contribution in [3.63, 3.8) is 0 Å². The lowest BCUT2D eigenvalue weighted by Crippen LogP contribution is -2.30. The van der Waals surface area contributed by atoms with Gasteiger partial charge in [0.05, 0.1) is 11.9 Å². The Balaban J connectivity index is 1.41. The number of ether oxygens (including phenoxy) is 1. The predicted octanol–water partition coefficient (Wildman–Crippen LogP) is 6.58. The summed E-state index contributed by atoms with van der Waals surface area (Å²) in [7, 11) is 0. The molecule has 0 radical (unpaired) electrons. The number of aromatic nitrogens is 2. The molecule has 1 heterocycles. The Morgan fingerprint density at radius 1 is 0.953 bits per heavy atom. The topological polar surface area (TPSA) is 122 Å². The highest BCUT2D eigenvalue weighted by Gasteiger charge is 2.18. The molecule has 9 nitrogen and oxygen atoms in total. The number of thioether (sulfide) groups is 2. The van der Waals surface area contributed by atoms with E-state index in [1.165, 1.54) is 23.5 Å². The smallest absolute Gasteiger partial charge is 0.272 e. The van der Waals surface area contributed by atoms with Gasteiger partial charge in [0.2, 0.25) is 16.2 Å². The molecular weight excluding hydrogens is 603 g/mol. The van der Waals surface area contributed by atoms with E-state index in [1.54, 1.807) is 54.6 Å². The van der Waals surface area contributed by atoms with Crippen molar-refractivity contribution >= 4 is 69.7 Å². The number of carbonyl (C=O) groups excluding carboxylic acids is 3. The van der Waals surface area contributed by atoms with E-state index in [9.17, 15) is 14.4 Å². The number of hydrogen-bond donors (Lipinski definition) is 3. The molecule has 43 heavy (non-hydrogen) atoms. The van der Waals surface area contributed by atoms with E-state index in [2.05, 4.69) is 25.3 Å². The van der Waals surface area contributed by atoms with Crippen LogP contribution in [0.15, 0.2) is 94.6 Å². The first-order valence-corrected chi connectivity index (χ1v) is 16.1. The minimum atomic E-state index is -0.482. The normalized spacial score (nSPS) is 11.8. The number of nitrogens with zero attached hydrogens (tertiary/aromatic N) is 2. The third kappa shape index (κ3) is 9.70. The van der Waals surface area contributed by atoms with Crippen molar-refractivity contribution in [3.05, 3.63) is 95.7 Å². The van der Waals surface area contributed by atoms with Gasteiger partial charge in [-0.25, -0.2) is 0 Å². The van der Waals surface area contributed by atoms with Crippen LogP contribution in [0.5, 0.6) is 5.75 Å². The largest absolute Gasteiger partial charge is 0.494 e. The number of rotatable bonds is 13. The fourth-order valence-electron chi connectivity index (χ4n) is 3.66. The fraction of sp³-hybridized carbons (Fsp3) is 0.194. The van der Waals surface area contributed by atoms with E-state index < -0.39 is 11.8 Å². The van der Waals surface area contributed by atoms with Gasteiger partial charge in [-0.1, -0.05) is 49.0 Å². The molecule has 12 heteroatoms. The Hall–Kier alpha value is -4.13. The molecule has 0 aliphatic rings. The summed E-state index contributed by atoms with van der Waals surface area (Å²) < 4.78 is 9.72. The zero-order chi connectivity index (χ0) is 30.6. The molecule has 0 spiro atoms. The van der Waals surface area contributed by atoms with Crippen molar-refractivity contribution in [2.45, 2.75) is 36.1 Å². The highest BCUT2D eigenvalue weighted by molar-refractivity contribution is 8.00. The van der Waals surface area contributed by atoms with Gasteiger partial charge in [0.1, 0.15) is 11.4 Å². The molecule has 0 saturated heterocycles. The Morgan fingerprint density at radius 2 is 1.67 bits per heavy atom. The number of benzene rings is 3. The van der Waals surface area contributed by atoms with E-state index in [1.807, 2.05) is 51.1 Å². The van der Waals surface area contributed by atoms with Gasteiger partial charge < -0.3 is 15.4 Å². The van der Waals surface area contributed by atoms with Crippen LogP contribution in [0.25, 0.3) is 6.08 Å². The number of anilines is 2. The lowest BCUT2D eigenvalue weighted by atomic mass is 10.1. The average molecular weight is 634 g/mol. The van der Waals surface area contributed by atoms with Crippen molar-refractivity contribution in [1.82, 2.24) is 14.7 Å². The Morgan fingerprint density at radius 3 is 2.35 bits per heavy atom. The Kier molecular flexibility index (Phi) is 11.8. The van der Waals surface area contributed by atoms with E-state index in [0.29, 0.717) is 33.9 Å². The van der Waals surface area contributed by atoms with Crippen LogP contribution >= 0.6 is 35.1 Å². The molecule has 222 valence electrons. The molecule has 3 N–H and O–H groups in total. The summed E-state index contributed by atoms with van der Waals surface area (Å²) in [5, 5.41) is 9.14. The number of nitrogens with one attached hydrogen (secondary N) is 3. The first-order chi connectivity index (χ1) is 20.8. The number of amides is 3. The molecule has 0 bridgehead atoms. The molecule has 3 aromatic carbocycles. The quantitative estimate of drug-likeness (QED) is 0.112. The van der Waals surface area contributed by atoms with E-state index in [0.717, 1.165) is 27.7 Å². The number of hydrogen-bond acceptors (Lipinski definition) is 9. The molecular formula is C31H31N5O4S3. The van der Waals surface area contributed by atoms with Crippen LogP contribution in [0.4, 0.5) is 10.8 Å². The summed E-state index contributed by atoms with van der Waals surface area (Å²) in [4.78, 5) is 44.0. The highest BCUT2D eigenvalue weighted by Crippen LogP contribution is 2.27. The van der Waals surface area contributed by atoms with Gasteiger partial charge in [-0.3, -0.25) is 19.7 Å².